The zero-order valence-corrected chi connectivity index (χ0v) is 38.7. The summed E-state index contributed by atoms with van der Waals surface area (Å²) >= 11 is 0. The molecule has 14 rings (SSSR count). The Bertz CT molecular complexity index is 4260. The molecular weight excluding hydrogens is 861 g/mol. The molecule has 3 heteroatoms. The van der Waals surface area contributed by atoms with Gasteiger partial charge in [0.15, 0.2) is 0 Å². The number of hydrogen-bond acceptors (Lipinski definition) is 2. The summed E-state index contributed by atoms with van der Waals surface area (Å²) in [6, 6.07) is 96.7. The van der Waals surface area contributed by atoms with Gasteiger partial charge in [-0.25, -0.2) is 0 Å². The molecule has 3 nitrogen and oxygen atoms in total. The fourth-order valence-electron chi connectivity index (χ4n) is 10.9. The molecule has 0 radical (unpaired) electrons. The summed E-state index contributed by atoms with van der Waals surface area (Å²) in [5.74, 6) is 0. The number of nitrogens with zero attached hydrogens (tertiary/aromatic N) is 2. The van der Waals surface area contributed by atoms with Gasteiger partial charge in [0.2, 0.25) is 0 Å². The van der Waals surface area contributed by atoms with E-state index in [0.717, 1.165) is 61.4 Å². The molecule has 0 bridgehead atoms. The molecule has 0 unspecified atom stereocenters. The molecule has 2 heterocycles. The van der Waals surface area contributed by atoms with Gasteiger partial charge in [0.25, 0.3) is 0 Å². The van der Waals surface area contributed by atoms with Gasteiger partial charge in [-0.2, -0.15) is 0 Å². The largest absolute Gasteiger partial charge is 0.456 e. The van der Waals surface area contributed by atoms with Crippen LogP contribution in [-0.2, 0) is 0 Å². The first-order valence-electron chi connectivity index (χ1n) is 24.3. The van der Waals surface area contributed by atoms with Crippen LogP contribution in [0.15, 0.2) is 271 Å². The van der Waals surface area contributed by atoms with Gasteiger partial charge in [-0.15, -0.1) is 0 Å². The molecular formula is C68H44N2O. The summed E-state index contributed by atoms with van der Waals surface area (Å²) in [7, 11) is 0. The summed E-state index contributed by atoms with van der Waals surface area (Å²) in [5, 5.41) is 9.72. The van der Waals surface area contributed by atoms with Crippen molar-refractivity contribution in [3.05, 3.63) is 267 Å². The maximum atomic E-state index is 6.22. The van der Waals surface area contributed by atoms with Gasteiger partial charge in [-0.1, -0.05) is 194 Å². The lowest BCUT2D eigenvalue weighted by Crippen LogP contribution is -2.10. The van der Waals surface area contributed by atoms with Gasteiger partial charge in [0.1, 0.15) is 11.2 Å². The molecule has 0 aliphatic heterocycles. The number of anilines is 3. The summed E-state index contributed by atoms with van der Waals surface area (Å²) in [6.07, 6.45) is 0. The van der Waals surface area contributed by atoms with Crippen LogP contribution >= 0.6 is 0 Å². The van der Waals surface area contributed by atoms with Gasteiger partial charge >= 0.3 is 0 Å². The van der Waals surface area contributed by atoms with Crippen molar-refractivity contribution in [2.75, 3.05) is 4.90 Å². The number of rotatable bonds is 8. The Hall–Kier alpha value is -9.44. The first-order chi connectivity index (χ1) is 35.2. The van der Waals surface area contributed by atoms with Crippen molar-refractivity contribution in [3.63, 3.8) is 0 Å². The average molecular weight is 905 g/mol. The highest BCUT2D eigenvalue weighted by Crippen LogP contribution is 2.43. The minimum Gasteiger partial charge on any atom is -0.456 e. The second kappa shape index (κ2) is 16.7. The fourth-order valence-corrected chi connectivity index (χ4v) is 10.9. The second-order valence-corrected chi connectivity index (χ2v) is 18.5. The maximum Gasteiger partial charge on any atom is 0.136 e. The molecule has 0 aliphatic rings. The van der Waals surface area contributed by atoms with Gasteiger partial charge < -0.3 is 13.9 Å². The number of aromatic nitrogens is 1. The molecule has 332 valence electrons. The highest BCUT2D eigenvalue weighted by molar-refractivity contribution is 6.15. The van der Waals surface area contributed by atoms with E-state index in [1.54, 1.807) is 0 Å². The Morgan fingerprint density at radius 2 is 0.704 bits per heavy atom. The lowest BCUT2D eigenvalue weighted by Gasteiger charge is -2.28. The van der Waals surface area contributed by atoms with Crippen LogP contribution in [-0.4, -0.2) is 4.57 Å². The standard InChI is InChI=1S/C68H44N2O/c1-2-15-57-53(12-1)43-66(59-17-4-3-16-58(57)59)69(55-39-34-48(35-40-55)46-26-30-50(31-27-46)52-36-41-63-62-20-7-10-23-67(62)71-68(63)44-52)54-37-32-47(33-38-54)45-24-28-49(29-25-45)51-13-11-14-56(42-51)70-64-21-8-5-18-60(64)61-19-6-9-22-65(61)70/h1-44H. The van der Waals surface area contributed by atoms with Crippen LogP contribution in [0.2, 0.25) is 0 Å². The Balaban J connectivity index is 0.786. The zero-order chi connectivity index (χ0) is 46.8. The third-order valence-corrected chi connectivity index (χ3v) is 14.4. The van der Waals surface area contributed by atoms with Crippen molar-refractivity contribution in [2.24, 2.45) is 0 Å². The number of fused-ring (bicyclic) bond motifs is 9. The van der Waals surface area contributed by atoms with Crippen LogP contribution in [0.25, 0.3) is 115 Å². The SMILES string of the molecule is c1cc(-c2ccc(-c3ccc(N(c4ccc(-c5ccc(-c6ccc7c(c6)oc6ccccc67)cc5)cc4)c4cc5ccccc5c5ccccc45)cc3)cc2)cc(-n2c3ccccc3c3ccccc32)c1. The highest BCUT2D eigenvalue weighted by Gasteiger charge is 2.19. The average Bonchev–Trinajstić information content (AvgIpc) is 3.99. The van der Waals surface area contributed by atoms with Crippen LogP contribution < -0.4 is 4.90 Å². The van der Waals surface area contributed by atoms with Gasteiger partial charge in [-0.3, -0.25) is 0 Å². The molecule has 0 saturated heterocycles. The zero-order valence-electron chi connectivity index (χ0n) is 38.7. The summed E-state index contributed by atoms with van der Waals surface area (Å²) < 4.78 is 8.60. The topological polar surface area (TPSA) is 21.3 Å². The Morgan fingerprint density at radius 3 is 1.31 bits per heavy atom. The van der Waals surface area contributed by atoms with E-state index in [1.165, 1.54) is 71.2 Å². The predicted molar refractivity (Wildman–Crippen MR) is 299 cm³/mol. The molecule has 12 aromatic carbocycles. The number of furan rings is 1. The number of hydrogen-bond donors (Lipinski definition) is 0. The van der Waals surface area contributed by atoms with Crippen molar-refractivity contribution in [3.8, 4) is 50.2 Å². The Morgan fingerprint density at radius 1 is 0.268 bits per heavy atom. The molecule has 0 aliphatic carbocycles. The predicted octanol–water partition coefficient (Wildman–Crippen LogP) is 19.1. The van der Waals surface area contributed by atoms with E-state index < -0.39 is 0 Å². The van der Waals surface area contributed by atoms with E-state index >= 15 is 0 Å². The Kier molecular flexibility index (Phi) is 9.53. The molecule has 0 atom stereocenters. The van der Waals surface area contributed by atoms with Gasteiger partial charge in [0.05, 0.1) is 16.7 Å². The van der Waals surface area contributed by atoms with Gasteiger partial charge in [0, 0.05) is 44.0 Å². The van der Waals surface area contributed by atoms with Crippen LogP contribution in [0, 0.1) is 0 Å². The minimum absolute atomic E-state index is 0.908. The molecule has 2 aromatic heterocycles. The lowest BCUT2D eigenvalue weighted by atomic mass is 9.97. The summed E-state index contributed by atoms with van der Waals surface area (Å²) in [4.78, 5) is 2.41. The molecule has 0 fully saturated rings. The van der Waals surface area contributed by atoms with E-state index in [4.69, 9.17) is 4.42 Å². The summed E-state index contributed by atoms with van der Waals surface area (Å²) in [5.41, 5.74) is 18.0. The minimum atomic E-state index is 0.908. The van der Waals surface area contributed by atoms with E-state index in [0.29, 0.717) is 0 Å². The van der Waals surface area contributed by atoms with E-state index in [-0.39, 0.29) is 0 Å². The molecule has 14 aromatic rings. The number of benzene rings is 12. The molecule has 0 spiro atoms. The Labute approximate surface area is 411 Å². The van der Waals surface area contributed by atoms with Crippen LogP contribution in [0.5, 0.6) is 0 Å². The first-order valence-corrected chi connectivity index (χ1v) is 24.3. The van der Waals surface area contributed by atoms with Crippen molar-refractivity contribution in [2.45, 2.75) is 0 Å². The molecule has 71 heavy (non-hydrogen) atoms. The van der Waals surface area contributed by atoms with Crippen LogP contribution in [0.1, 0.15) is 0 Å². The molecule has 0 N–H and O–H groups in total. The van der Waals surface area contributed by atoms with E-state index in [2.05, 4.69) is 264 Å². The first kappa shape index (κ1) is 40.6. The van der Waals surface area contributed by atoms with Crippen molar-refractivity contribution in [1.82, 2.24) is 4.57 Å². The van der Waals surface area contributed by atoms with E-state index in [1.807, 2.05) is 12.1 Å². The third kappa shape index (κ3) is 6.97. The van der Waals surface area contributed by atoms with Crippen molar-refractivity contribution >= 4 is 82.4 Å². The maximum absolute atomic E-state index is 6.22. The second-order valence-electron chi connectivity index (χ2n) is 18.5. The smallest absolute Gasteiger partial charge is 0.136 e. The number of para-hydroxylation sites is 3. The van der Waals surface area contributed by atoms with Crippen LogP contribution in [0.3, 0.4) is 0 Å². The monoisotopic (exact) mass is 904 g/mol. The fraction of sp³-hybridized carbons (Fsp3) is 0. The van der Waals surface area contributed by atoms with Crippen LogP contribution in [0.4, 0.5) is 17.1 Å². The van der Waals surface area contributed by atoms with Gasteiger partial charge in [-0.05, 0) is 133 Å². The summed E-state index contributed by atoms with van der Waals surface area (Å²) in [6.45, 7) is 0. The normalized spacial score (nSPS) is 11.7. The van der Waals surface area contributed by atoms with Crippen molar-refractivity contribution < 1.29 is 4.42 Å². The van der Waals surface area contributed by atoms with E-state index in [9.17, 15) is 0 Å². The quantitative estimate of drug-likeness (QED) is 0.142. The lowest BCUT2D eigenvalue weighted by molar-refractivity contribution is 0.669. The molecule has 0 saturated carbocycles. The van der Waals surface area contributed by atoms with Crippen molar-refractivity contribution in [1.29, 1.82) is 0 Å². The highest BCUT2D eigenvalue weighted by atomic mass is 16.3. The third-order valence-electron chi connectivity index (χ3n) is 14.4. The molecule has 0 amide bonds.